The van der Waals surface area contributed by atoms with E-state index in [0.717, 1.165) is 11.6 Å². The van der Waals surface area contributed by atoms with Crippen molar-refractivity contribution in [1.29, 1.82) is 0 Å². The minimum absolute atomic E-state index is 0.252. The van der Waals surface area contributed by atoms with Gasteiger partial charge in [0.25, 0.3) is 5.56 Å². The van der Waals surface area contributed by atoms with Crippen LogP contribution in [0.2, 0.25) is 19.6 Å². The van der Waals surface area contributed by atoms with Gasteiger partial charge in [0.15, 0.2) is 0 Å². The summed E-state index contributed by atoms with van der Waals surface area (Å²) in [6.07, 6.45) is 2.42. The number of H-pyrrole nitrogens is 1. The maximum atomic E-state index is 13.7. The number of pyridine rings is 2. The van der Waals surface area contributed by atoms with Crippen LogP contribution in [0.4, 0.5) is 10.2 Å². The Morgan fingerprint density at radius 2 is 2.00 bits per heavy atom. The van der Waals surface area contributed by atoms with Crippen LogP contribution in [0.1, 0.15) is 0 Å². The summed E-state index contributed by atoms with van der Waals surface area (Å²) in [7, 11) is -1.31. The molecule has 3 rings (SSSR count). The largest absolute Gasteiger partial charge is 0.372 e. The van der Waals surface area contributed by atoms with Gasteiger partial charge in [-0.2, -0.15) is 0 Å². The average Bonchev–Trinajstić information content (AvgIpc) is 2.43. The number of hydrogen-bond donors (Lipinski definition) is 2. The van der Waals surface area contributed by atoms with Crippen molar-refractivity contribution in [3.8, 4) is 0 Å². The van der Waals surface area contributed by atoms with Gasteiger partial charge in [-0.3, -0.25) is 4.79 Å². The van der Waals surface area contributed by atoms with Crippen LogP contribution in [0, 0.1) is 5.82 Å². The van der Waals surface area contributed by atoms with Gasteiger partial charge >= 0.3 is 0 Å². The maximum Gasteiger partial charge on any atom is 0.258 e. The summed E-state index contributed by atoms with van der Waals surface area (Å²) in [4.78, 5) is 19.3. The summed E-state index contributed by atoms with van der Waals surface area (Å²) in [5, 5.41) is 5.16. The van der Waals surface area contributed by atoms with Crippen molar-refractivity contribution >= 4 is 35.6 Å². The van der Waals surface area contributed by atoms with E-state index in [2.05, 4.69) is 34.9 Å². The smallest absolute Gasteiger partial charge is 0.258 e. The monoisotopic (exact) mass is 315 g/mol. The number of halogens is 1. The number of nitrogens with zero attached hydrogens (tertiary/aromatic N) is 1. The van der Waals surface area contributed by atoms with Crippen molar-refractivity contribution in [2.75, 3.05) is 11.5 Å². The zero-order valence-electron chi connectivity index (χ0n) is 12.8. The number of anilines is 1. The zero-order valence-corrected chi connectivity index (χ0v) is 13.8. The average molecular weight is 315 g/mol. The molecule has 0 saturated carbocycles. The second-order valence-corrected chi connectivity index (χ2v) is 12.1. The van der Waals surface area contributed by atoms with E-state index in [0.29, 0.717) is 22.1 Å². The summed E-state index contributed by atoms with van der Waals surface area (Å²) in [6.45, 7) is 6.77. The Morgan fingerprint density at radius 3 is 2.73 bits per heavy atom. The van der Waals surface area contributed by atoms with Crippen LogP contribution in [0.5, 0.6) is 0 Å². The van der Waals surface area contributed by atoms with Gasteiger partial charge < -0.3 is 10.3 Å². The van der Waals surface area contributed by atoms with Crippen LogP contribution in [0.25, 0.3) is 21.7 Å². The first kappa shape index (κ1) is 14.7. The van der Waals surface area contributed by atoms with E-state index in [1.807, 2.05) is 0 Å². The van der Waals surface area contributed by atoms with Gasteiger partial charge in [0.2, 0.25) is 0 Å². The van der Waals surface area contributed by atoms with E-state index >= 15 is 0 Å². The van der Waals surface area contributed by atoms with Gasteiger partial charge in [-0.15, -0.1) is 0 Å². The Labute approximate surface area is 128 Å². The van der Waals surface area contributed by atoms with Crippen molar-refractivity contribution in [2.24, 2.45) is 0 Å². The molecule has 0 aliphatic heterocycles. The Balaban J connectivity index is 2.30. The molecular formula is C16H18FN3OSi. The summed E-state index contributed by atoms with van der Waals surface area (Å²) in [5.74, 6) is 0.343. The molecule has 0 spiro atoms. The molecule has 0 unspecified atom stereocenters. The molecule has 114 valence electrons. The summed E-state index contributed by atoms with van der Waals surface area (Å²) >= 11 is 0. The van der Waals surface area contributed by atoms with Crippen molar-refractivity contribution in [2.45, 2.75) is 19.6 Å². The highest BCUT2D eigenvalue weighted by Gasteiger charge is 2.16. The molecule has 0 amide bonds. The molecule has 3 aromatic rings. The Hall–Kier alpha value is -2.21. The van der Waals surface area contributed by atoms with Crippen molar-refractivity contribution in [3.63, 3.8) is 0 Å². The molecule has 22 heavy (non-hydrogen) atoms. The number of aromatic nitrogens is 2. The fraction of sp³-hybridized carbons (Fsp3) is 0.250. The second-order valence-electron chi connectivity index (χ2n) is 6.63. The molecule has 0 bridgehead atoms. The van der Waals surface area contributed by atoms with Crippen LogP contribution < -0.4 is 10.9 Å². The normalized spacial score (nSPS) is 12.0. The minimum atomic E-state index is -1.31. The lowest BCUT2D eigenvalue weighted by Gasteiger charge is -2.18. The molecule has 0 aliphatic rings. The third kappa shape index (κ3) is 2.74. The van der Waals surface area contributed by atoms with E-state index in [9.17, 15) is 9.18 Å². The Bertz CT molecular complexity index is 915. The van der Waals surface area contributed by atoms with Crippen molar-refractivity contribution in [3.05, 3.63) is 46.6 Å². The lowest BCUT2D eigenvalue weighted by molar-refractivity contribution is 0.630. The maximum absolute atomic E-state index is 13.7. The van der Waals surface area contributed by atoms with Gasteiger partial charge in [0, 0.05) is 23.1 Å². The third-order valence-corrected chi connectivity index (χ3v) is 4.70. The molecule has 6 heteroatoms. The van der Waals surface area contributed by atoms with Crippen LogP contribution in [-0.2, 0) is 0 Å². The van der Waals surface area contributed by atoms with Crippen molar-refractivity contribution in [1.82, 2.24) is 9.97 Å². The lowest BCUT2D eigenvalue weighted by atomic mass is 10.1. The van der Waals surface area contributed by atoms with Crippen LogP contribution in [-0.4, -0.2) is 24.2 Å². The van der Waals surface area contributed by atoms with Gasteiger partial charge in [-0.1, -0.05) is 19.6 Å². The first-order chi connectivity index (χ1) is 10.3. The fourth-order valence-electron chi connectivity index (χ4n) is 2.42. The highest BCUT2D eigenvalue weighted by molar-refractivity contribution is 6.76. The molecule has 0 aliphatic carbocycles. The minimum Gasteiger partial charge on any atom is -0.372 e. The van der Waals surface area contributed by atoms with Gasteiger partial charge in [-0.25, -0.2) is 9.37 Å². The topological polar surface area (TPSA) is 57.8 Å². The standard InChI is InChI=1S/C16H18FN3OSi/c1-22(2,3)9-19-15-11-5-4-10(17)8-12(11)14-13(20-15)6-7-18-16(14)21/h4-8H,9H2,1-3H3,(H,18,21)(H,19,20). The number of fused-ring (bicyclic) bond motifs is 3. The summed E-state index contributed by atoms with van der Waals surface area (Å²) < 4.78 is 13.7. The first-order valence-corrected chi connectivity index (χ1v) is 10.9. The highest BCUT2D eigenvalue weighted by atomic mass is 28.3. The van der Waals surface area contributed by atoms with Gasteiger partial charge in [0.05, 0.1) is 19.0 Å². The molecule has 0 atom stereocenters. The SMILES string of the molecule is C[Si](C)(C)CNc1nc2cc[nH]c(=O)c2c2cc(F)ccc12. The molecule has 0 radical (unpaired) electrons. The third-order valence-electron chi connectivity index (χ3n) is 3.46. The van der Waals surface area contributed by atoms with Crippen LogP contribution in [0.15, 0.2) is 35.3 Å². The predicted molar refractivity (Wildman–Crippen MR) is 91.7 cm³/mol. The van der Waals surface area contributed by atoms with E-state index in [1.54, 1.807) is 18.3 Å². The molecule has 4 nitrogen and oxygen atoms in total. The molecular weight excluding hydrogens is 297 g/mol. The fourth-order valence-corrected chi connectivity index (χ4v) is 3.11. The quantitative estimate of drug-likeness (QED) is 0.574. The number of nitrogens with one attached hydrogen (secondary N) is 2. The van der Waals surface area contributed by atoms with Crippen LogP contribution >= 0.6 is 0 Å². The second kappa shape index (κ2) is 5.21. The van der Waals surface area contributed by atoms with E-state index in [-0.39, 0.29) is 11.4 Å². The summed E-state index contributed by atoms with van der Waals surface area (Å²) in [5.41, 5.74) is 0.317. The van der Waals surface area contributed by atoms with Crippen molar-refractivity contribution < 1.29 is 4.39 Å². The van der Waals surface area contributed by atoms with Gasteiger partial charge in [0.1, 0.15) is 11.6 Å². The number of benzene rings is 1. The molecule has 1 aromatic carbocycles. The lowest BCUT2D eigenvalue weighted by Crippen LogP contribution is -2.31. The zero-order chi connectivity index (χ0) is 15.9. The number of rotatable bonds is 3. The van der Waals surface area contributed by atoms with E-state index in [1.165, 1.54) is 12.1 Å². The molecule has 0 saturated heterocycles. The number of aromatic amines is 1. The molecule has 0 fully saturated rings. The highest BCUT2D eigenvalue weighted by Crippen LogP contribution is 2.28. The Kier molecular flexibility index (Phi) is 3.48. The molecule has 2 N–H and O–H groups in total. The van der Waals surface area contributed by atoms with Gasteiger partial charge in [-0.05, 0) is 24.3 Å². The Morgan fingerprint density at radius 1 is 1.23 bits per heavy atom. The van der Waals surface area contributed by atoms with Crippen LogP contribution in [0.3, 0.4) is 0 Å². The first-order valence-electron chi connectivity index (χ1n) is 7.20. The predicted octanol–water partition coefficient (Wildman–Crippen LogP) is 3.50. The van der Waals surface area contributed by atoms with E-state index < -0.39 is 8.07 Å². The molecule has 2 heterocycles. The van der Waals surface area contributed by atoms with E-state index in [4.69, 9.17) is 0 Å². The number of hydrogen-bond acceptors (Lipinski definition) is 3. The molecule has 2 aromatic heterocycles. The summed E-state index contributed by atoms with van der Waals surface area (Å²) in [6, 6.07) is 6.21.